The van der Waals surface area contributed by atoms with Gasteiger partial charge in [0.2, 0.25) is 16.0 Å². The van der Waals surface area contributed by atoms with Crippen molar-refractivity contribution < 1.29 is 4.79 Å². The van der Waals surface area contributed by atoms with Crippen LogP contribution in [0.25, 0.3) is 4.96 Å². The average Bonchev–Trinajstić information content (AvgIpc) is 3.13. The first-order chi connectivity index (χ1) is 14.0. The zero-order valence-electron chi connectivity index (χ0n) is 16.7. The summed E-state index contributed by atoms with van der Waals surface area (Å²) in [6, 6.07) is 9.89. The van der Waals surface area contributed by atoms with Gasteiger partial charge in [0, 0.05) is 18.8 Å². The van der Waals surface area contributed by atoms with Crippen molar-refractivity contribution in [3.8, 4) is 0 Å². The number of rotatable bonds is 6. The number of carbonyl (C=O) groups is 1. The highest BCUT2D eigenvalue weighted by molar-refractivity contribution is 7.20. The van der Waals surface area contributed by atoms with Gasteiger partial charge in [0.1, 0.15) is 0 Å². The number of hydrogen-bond acceptors (Lipinski definition) is 6. The molecule has 0 saturated carbocycles. The van der Waals surface area contributed by atoms with Gasteiger partial charge < -0.3 is 10.2 Å². The number of benzene rings is 1. The number of aromatic nitrogens is 3. The van der Waals surface area contributed by atoms with Crippen LogP contribution in [0.3, 0.4) is 0 Å². The lowest BCUT2D eigenvalue weighted by Gasteiger charge is -2.27. The molecule has 2 aromatic heterocycles. The molecule has 3 aromatic rings. The molecule has 0 saturated heterocycles. The molecule has 152 valence electrons. The molecule has 1 amide bonds. The Morgan fingerprint density at radius 2 is 2.21 bits per heavy atom. The Labute approximate surface area is 173 Å². The second-order valence-corrected chi connectivity index (χ2v) is 8.42. The van der Waals surface area contributed by atoms with E-state index in [2.05, 4.69) is 34.5 Å². The molecule has 2 heterocycles. The fraction of sp³-hybridized carbons (Fsp3) is 0.429. The van der Waals surface area contributed by atoms with E-state index in [1.807, 2.05) is 19.2 Å². The number of hydrogen-bond donors (Lipinski definition) is 1. The third kappa shape index (κ3) is 4.17. The standard InChI is InChI=1S/C21H25N5O2S/c1-3-7-15-12-19(28)26-20(22-15)29-21(24-26)25(2)13-18(27)23-17-11-6-9-14-8-4-5-10-16(14)17/h4-5,8,10,12,17H,3,6-7,9,11,13H2,1-2H3,(H,23,27)/t17-/m0/s1. The highest BCUT2D eigenvalue weighted by Crippen LogP contribution is 2.29. The van der Waals surface area contributed by atoms with Gasteiger partial charge in [0.15, 0.2) is 0 Å². The number of amides is 1. The predicted octanol–water partition coefficient (Wildman–Crippen LogP) is 2.73. The molecule has 0 bridgehead atoms. The minimum atomic E-state index is -0.183. The molecule has 8 heteroatoms. The molecular formula is C21H25N5O2S. The van der Waals surface area contributed by atoms with Crippen molar-refractivity contribution in [1.82, 2.24) is 19.9 Å². The maximum Gasteiger partial charge on any atom is 0.275 e. The van der Waals surface area contributed by atoms with E-state index >= 15 is 0 Å². The molecule has 0 spiro atoms. The molecule has 1 N–H and O–H groups in total. The van der Waals surface area contributed by atoms with E-state index in [1.54, 1.807) is 4.90 Å². The monoisotopic (exact) mass is 411 g/mol. The van der Waals surface area contributed by atoms with Crippen molar-refractivity contribution in [3.05, 3.63) is 57.5 Å². The summed E-state index contributed by atoms with van der Waals surface area (Å²) in [4.78, 5) is 31.8. The van der Waals surface area contributed by atoms with Crippen LogP contribution in [0.5, 0.6) is 0 Å². The highest BCUT2D eigenvalue weighted by Gasteiger charge is 2.22. The Hall–Kier alpha value is -2.74. The molecule has 1 atom stereocenters. The minimum absolute atomic E-state index is 0.0529. The lowest BCUT2D eigenvalue weighted by Crippen LogP contribution is -2.38. The zero-order chi connectivity index (χ0) is 20.4. The highest BCUT2D eigenvalue weighted by atomic mass is 32.1. The molecule has 1 aromatic carbocycles. The van der Waals surface area contributed by atoms with Crippen molar-refractivity contribution >= 4 is 27.3 Å². The smallest absolute Gasteiger partial charge is 0.275 e. The SMILES string of the molecule is CCCc1cc(=O)n2nc(N(C)CC(=O)N[C@H]3CCCc4ccccc43)sc2n1. The first-order valence-electron chi connectivity index (χ1n) is 10.0. The molecular weight excluding hydrogens is 386 g/mol. The van der Waals surface area contributed by atoms with E-state index in [4.69, 9.17) is 0 Å². The number of anilines is 1. The van der Waals surface area contributed by atoms with Crippen molar-refractivity contribution in [2.75, 3.05) is 18.5 Å². The van der Waals surface area contributed by atoms with Gasteiger partial charge in [-0.1, -0.05) is 48.9 Å². The summed E-state index contributed by atoms with van der Waals surface area (Å²) >= 11 is 1.32. The van der Waals surface area contributed by atoms with Gasteiger partial charge in [-0.05, 0) is 36.8 Å². The molecule has 29 heavy (non-hydrogen) atoms. The number of aryl methyl sites for hydroxylation is 2. The van der Waals surface area contributed by atoms with Crippen LogP contribution in [-0.2, 0) is 17.6 Å². The Morgan fingerprint density at radius 3 is 3.03 bits per heavy atom. The summed E-state index contributed by atoms with van der Waals surface area (Å²) in [5.41, 5.74) is 3.13. The quantitative estimate of drug-likeness (QED) is 0.675. The van der Waals surface area contributed by atoms with Crippen molar-refractivity contribution in [3.63, 3.8) is 0 Å². The maximum absolute atomic E-state index is 12.7. The third-order valence-corrected chi connectivity index (χ3v) is 6.23. The molecule has 0 unspecified atom stereocenters. The number of fused-ring (bicyclic) bond motifs is 2. The fourth-order valence-electron chi connectivity index (χ4n) is 3.81. The first-order valence-corrected chi connectivity index (χ1v) is 10.8. The molecule has 1 aliphatic carbocycles. The summed E-state index contributed by atoms with van der Waals surface area (Å²) in [7, 11) is 1.81. The zero-order valence-corrected chi connectivity index (χ0v) is 17.5. The molecule has 0 fully saturated rings. The van der Waals surface area contributed by atoms with Crippen molar-refractivity contribution in [2.45, 2.75) is 45.1 Å². The summed E-state index contributed by atoms with van der Waals surface area (Å²) in [6.45, 7) is 2.23. The molecule has 1 aliphatic rings. The van der Waals surface area contributed by atoms with Crippen LogP contribution in [0, 0.1) is 0 Å². The molecule has 0 aliphatic heterocycles. The van der Waals surface area contributed by atoms with Crippen LogP contribution in [0.1, 0.15) is 49.0 Å². The van der Waals surface area contributed by atoms with Gasteiger partial charge >= 0.3 is 0 Å². The van der Waals surface area contributed by atoms with Gasteiger partial charge in [-0.15, -0.1) is 5.10 Å². The average molecular weight is 412 g/mol. The predicted molar refractivity (Wildman–Crippen MR) is 115 cm³/mol. The Morgan fingerprint density at radius 1 is 1.38 bits per heavy atom. The van der Waals surface area contributed by atoms with Crippen molar-refractivity contribution in [1.29, 1.82) is 0 Å². The van der Waals surface area contributed by atoms with E-state index in [9.17, 15) is 9.59 Å². The lowest BCUT2D eigenvalue weighted by atomic mass is 9.88. The Bertz CT molecular complexity index is 1090. The van der Waals surface area contributed by atoms with Crippen LogP contribution < -0.4 is 15.8 Å². The van der Waals surface area contributed by atoms with Crippen LogP contribution in [-0.4, -0.2) is 34.1 Å². The van der Waals surface area contributed by atoms with Gasteiger partial charge in [0.25, 0.3) is 5.56 Å². The summed E-state index contributed by atoms with van der Waals surface area (Å²) in [5, 5.41) is 8.11. The first kappa shape index (κ1) is 19.6. The van der Waals surface area contributed by atoms with Gasteiger partial charge in [0.05, 0.1) is 12.6 Å². The summed E-state index contributed by atoms with van der Waals surface area (Å²) in [5.74, 6) is -0.0552. The fourth-order valence-corrected chi connectivity index (χ4v) is 4.70. The van der Waals surface area contributed by atoms with Crippen molar-refractivity contribution in [2.24, 2.45) is 0 Å². The van der Waals surface area contributed by atoms with E-state index < -0.39 is 0 Å². The van der Waals surface area contributed by atoms with E-state index in [-0.39, 0.29) is 24.1 Å². The van der Waals surface area contributed by atoms with Crippen LogP contribution in [0.4, 0.5) is 5.13 Å². The second-order valence-electron chi connectivity index (χ2n) is 7.48. The topological polar surface area (TPSA) is 79.6 Å². The lowest BCUT2D eigenvalue weighted by molar-refractivity contribution is -0.120. The third-order valence-electron chi connectivity index (χ3n) is 5.21. The molecule has 0 radical (unpaired) electrons. The Kier molecular flexibility index (Phi) is 5.62. The van der Waals surface area contributed by atoms with Gasteiger partial charge in [-0.2, -0.15) is 4.52 Å². The van der Waals surface area contributed by atoms with E-state index in [0.717, 1.165) is 37.8 Å². The second kappa shape index (κ2) is 8.32. The van der Waals surface area contributed by atoms with E-state index in [0.29, 0.717) is 10.1 Å². The van der Waals surface area contributed by atoms with Gasteiger partial charge in [-0.25, -0.2) is 4.98 Å². The number of nitrogens with one attached hydrogen (secondary N) is 1. The number of nitrogens with zero attached hydrogens (tertiary/aromatic N) is 4. The van der Waals surface area contributed by atoms with Crippen LogP contribution in [0.2, 0.25) is 0 Å². The van der Waals surface area contributed by atoms with E-state index in [1.165, 1.54) is 33.0 Å². The van der Waals surface area contributed by atoms with Crippen LogP contribution in [0.15, 0.2) is 35.1 Å². The van der Waals surface area contributed by atoms with Gasteiger partial charge in [-0.3, -0.25) is 9.59 Å². The Balaban J connectivity index is 1.47. The largest absolute Gasteiger partial charge is 0.348 e. The number of likely N-dealkylation sites (N-methyl/N-ethyl adjacent to an activating group) is 1. The molecule has 7 nitrogen and oxygen atoms in total. The van der Waals surface area contributed by atoms with Crippen LogP contribution >= 0.6 is 11.3 Å². The maximum atomic E-state index is 12.7. The minimum Gasteiger partial charge on any atom is -0.348 e. The molecule has 4 rings (SSSR count). The summed E-state index contributed by atoms with van der Waals surface area (Å²) < 4.78 is 1.31. The summed E-state index contributed by atoms with van der Waals surface area (Å²) in [6.07, 6.45) is 4.78. The normalized spacial score (nSPS) is 15.9. The number of carbonyl (C=O) groups excluding carboxylic acids is 1.